The Hall–Kier alpha value is -1.10. The number of aliphatic hydroxyl groups excluding tert-OH is 1. The third kappa shape index (κ3) is 2.91. The summed E-state index contributed by atoms with van der Waals surface area (Å²) in [6.07, 6.45) is 2.47. The number of nitrogens with zero attached hydrogens (tertiary/aromatic N) is 1. The van der Waals surface area contributed by atoms with Gasteiger partial charge in [0.1, 0.15) is 5.75 Å². The van der Waals surface area contributed by atoms with Crippen LogP contribution in [0.15, 0.2) is 24.3 Å². The van der Waals surface area contributed by atoms with Gasteiger partial charge in [0.25, 0.3) is 0 Å². The Morgan fingerprint density at radius 3 is 2.89 bits per heavy atom. The minimum absolute atomic E-state index is 0.0943. The van der Waals surface area contributed by atoms with Gasteiger partial charge in [-0.3, -0.25) is 4.90 Å². The average molecular weight is 263 g/mol. The number of ether oxygens (including phenoxy) is 1. The van der Waals surface area contributed by atoms with Crippen LogP contribution in [0.1, 0.15) is 18.4 Å². The summed E-state index contributed by atoms with van der Waals surface area (Å²) in [5.41, 5.74) is 1.03. The van der Waals surface area contributed by atoms with Gasteiger partial charge < -0.3 is 14.9 Å². The van der Waals surface area contributed by atoms with Crippen LogP contribution in [0.5, 0.6) is 5.75 Å². The standard InChI is InChI=1S/C15H21NO3/c17-13-5-3-11(4-6-13)8-14(18)15-9-16-7-1-2-12(16)10-19-15/h3-6,12,14-15,17-18H,1-2,7-10H2. The van der Waals surface area contributed by atoms with E-state index in [0.29, 0.717) is 12.5 Å². The molecule has 0 aromatic heterocycles. The first-order valence-electron chi connectivity index (χ1n) is 7.04. The summed E-state index contributed by atoms with van der Waals surface area (Å²) < 4.78 is 5.81. The highest BCUT2D eigenvalue weighted by atomic mass is 16.5. The first-order valence-corrected chi connectivity index (χ1v) is 7.04. The lowest BCUT2D eigenvalue weighted by Crippen LogP contribution is -2.50. The van der Waals surface area contributed by atoms with Gasteiger partial charge in [0.15, 0.2) is 0 Å². The number of morpholine rings is 1. The van der Waals surface area contributed by atoms with Gasteiger partial charge in [-0.15, -0.1) is 0 Å². The van der Waals surface area contributed by atoms with Gasteiger partial charge >= 0.3 is 0 Å². The summed E-state index contributed by atoms with van der Waals surface area (Å²) in [4.78, 5) is 2.44. The second-order valence-corrected chi connectivity index (χ2v) is 5.60. The molecule has 2 aliphatic heterocycles. The van der Waals surface area contributed by atoms with Crippen LogP contribution >= 0.6 is 0 Å². The van der Waals surface area contributed by atoms with E-state index in [4.69, 9.17) is 4.74 Å². The van der Waals surface area contributed by atoms with Crippen LogP contribution in [0.2, 0.25) is 0 Å². The molecular weight excluding hydrogens is 242 g/mol. The SMILES string of the molecule is Oc1ccc(CC(O)C2CN3CCCC3CO2)cc1. The second-order valence-electron chi connectivity index (χ2n) is 5.60. The third-order valence-corrected chi connectivity index (χ3v) is 4.23. The van der Waals surface area contributed by atoms with Gasteiger partial charge in [-0.1, -0.05) is 12.1 Å². The number of fused-ring (bicyclic) bond motifs is 1. The quantitative estimate of drug-likeness (QED) is 0.859. The topological polar surface area (TPSA) is 52.9 Å². The van der Waals surface area contributed by atoms with Crippen molar-refractivity contribution in [1.82, 2.24) is 4.90 Å². The van der Waals surface area contributed by atoms with Crippen molar-refractivity contribution in [3.05, 3.63) is 29.8 Å². The highest BCUT2D eigenvalue weighted by Gasteiger charge is 2.35. The summed E-state index contributed by atoms with van der Waals surface area (Å²) in [6.45, 7) is 2.72. The third-order valence-electron chi connectivity index (χ3n) is 4.23. The van der Waals surface area contributed by atoms with Crippen LogP contribution < -0.4 is 0 Å². The number of phenols is 1. The zero-order valence-electron chi connectivity index (χ0n) is 11.0. The number of aliphatic hydroxyl groups is 1. The molecule has 3 atom stereocenters. The minimum atomic E-state index is -0.480. The average Bonchev–Trinajstić information content (AvgIpc) is 2.88. The van der Waals surface area contributed by atoms with Gasteiger partial charge in [-0.2, -0.15) is 0 Å². The predicted molar refractivity (Wildman–Crippen MR) is 72.2 cm³/mol. The number of aromatic hydroxyl groups is 1. The lowest BCUT2D eigenvalue weighted by atomic mass is 10.0. The molecule has 2 fully saturated rings. The van der Waals surface area contributed by atoms with Crippen molar-refractivity contribution in [3.8, 4) is 5.75 Å². The number of rotatable bonds is 3. The van der Waals surface area contributed by atoms with Crippen molar-refractivity contribution < 1.29 is 14.9 Å². The molecule has 1 aromatic rings. The Balaban J connectivity index is 1.58. The molecule has 4 nitrogen and oxygen atoms in total. The highest BCUT2D eigenvalue weighted by molar-refractivity contribution is 5.26. The Kier molecular flexibility index (Phi) is 3.73. The van der Waals surface area contributed by atoms with E-state index in [1.54, 1.807) is 12.1 Å². The molecule has 2 heterocycles. The van der Waals surface area contributed by atoms with Crippen LogP contribution in [-0.2, 0) is 11.2 Å². The van der Waals surface area contributed by atoms with Crippen LogP contribution in [0.25, 0.3) is 0 Å². The molecule has 3 unspecified atom stereocenters. The normalized spacial score (nSPS) is 29.1. The van der Waals surface area contributed by atoms with Crippen LogP contribution in [0, 0.1) is 0 Å². The monoisotopic (exact) mass is 263 g/mol. The van der Waals surface area contributed by atoms with Crippen LogP contribution in [0.3, 0.4) is 0 Å². The summed E-state index contributed by atoms with van der Waals surface area (Å²) >= 11 is 0. The van der Waals surface area contributed by atoms with Gasteiger partial charge in [0, 0.05) is 19.0 Å². The fraction of sp³-hybridized carbons (Fsp3) is 0.600. The lowest BCUT2D eigenvalue weighted by molar-refractivity contribution is -0.101. The molecule has 4 heteroatoms. The molecule has 2 saturated heterocycles. The first-order chi connectivity index (χ1) is 9.22. The molecule has 0 bridgehead atoms. The van der Waals surface area contributed by atoms with E-state index in [9.17, 15) is 10.2 Å². The van der Waals surface area contributed by atoms with E-state index in [1.807, 2.05) is 12.1 Å². The Morgan fingerprint density at radius 2 is 2.11 bits per heavy atom. The Bertz CT molecular complexity index is 420. The second kappa shape index (κ2) is 5.49. The van der Waals surface area contributed by atoms with Gasteiger partial charge in [0.05, 0.1) is 18.8 Å². The molecular formula is C15H21NO3. The zero-order chi connectivity index (χ0) is 13.2. The largest absolute Gasteiger partial charge is 0.508 e. The summed E-state index contributed by atoms with van der Waals surface area (Å²) in [7, 11) is 0. The van der Waals surface area contributed by atoms with E-state index in [-0.39, 0.29) is 11.9 Å². The summed E-state index contributed by atoms with van der Waals surface area (Å²) in [5.74, 6) is 0.257. The lowest BCUT2D eigenvalue weighted by Gasteiger charge is -2.37. The molecule has 2 aliphatic rings. The van der Waals surface area contributed by atoms with Gasteiger partial charge in [-0.05, 0) is 37.1 Å². The first kappa shape index (κ1) is 12.9. The molecule has 0 radical (unpaired) electrons. The molecule has 3 rings (SSSR count). The van der Waals surface area contributed by atoms with Crippen LogP contribution in [-0.4, -0.2) is 53.1 Å². The molecule has 104 valence electrons. The zero-order valence-corrected chi connectivity index (χ0v) is 11.0. The molecule has 1 aromatic carbocycles. The van der Waals surface area contributed by atoms with E-state index < -0.39 is 6.10 Å². The number of phenolic OH excluding ortho intramolecular Hbond substituents is 1. The maximum atomic E-state index is 10.3. The van der Waals surface area contributed by atoms with Crippen LogP contribution in [0.4, 0.5) is 0 Å². The van der Waals surface area contributed by atoms with E-state index in [2.05, 4.69) is 4.90 Å². The highest BCUT2D eigenvalue weighted by Crippen LogP contribution is 2.24. The number of benzene rings is 1. The number of hydrogen-bond acceptors (Lipinski definition) is 4. The fourth-order valence-corrected chi connectivity index (χ4v) is 3.08. The molecule has 0 aliphatic carbocycles. The molecule has 0 amide bonds. The minimum Gasteiger partial charge on any atom is -0.508 e. The van der Waals surface area contributed by atoms with Crippen molar-refractivity contribution in [2.45, 2.75) is 37.5 Å². The predicted octanol–water partition coefficient (Wildman–Crippen LogP) is 1.16. The van der Waals surface area contributed by atoms with Gasteiger partial charge in [0.2, 0.25) is 0 Å². The van der Waals surface area contributed by atoms with E-state index in [0.717, 1.165) is 25.3 Å². The fourth-order valence-electron chi connectivity index (χ4n) is 3.08. The summed E-state index contributed by atoms with van der Waals surface area (Å²) in [6, 6.07) is 7.57. The van der Waals surface area contributed by atoms with Crippen molar-refractivity contribution >= 4 is 0 Å². The van der Waals surface area contributed by atoms with E-state index >= 15 is 0 Å². The van der Waals surface area contributed by atoms with Gasteiger partial charge in [-0.25, -0.2) is 0 Å². The molecule has 2 N–H and O–H groups in total. The van der Waals surface area contributed by atoms with Crippen molar-refractivity contribution in [2.75, 3.05) is 19.7 Å². The van der Waals surface area contributed by atoms with Crippen molar-refractivity contribution in [2.24, 2.45) is 0 Å². The van der Waals surface area contributed by atoms with Crippen molar-refractivity contribution in [1.29, 1.82) is 0 Å². The van der Waals surface area contributed by atoms with Crippen molar-refractivity contribution in [3.63, 3.8) is 0 Å². The Morgan fingerprint density at radius 1 is 1.32 bits per heavy atom. The molecule has 19 heavy (non-hydrogen) atoms. The van der Waals surface area contributed by atoms with E-state index in [1.165, 1.54) is 12.8 Å². The number of hydrogen-bond donors (Lipinski definition) is 2. The smallest absolute Gasteiger partial charge is 0.115 e. The molecule has 0 spiro atoms. The summed E-state index contributed by atoms with van der Waals surface area (Å²) in [5, 5.41) is 19.6. The maximum absolute atomic E-state index is 10.3. The molecule has 0 saturated carbocycles. The maximum Gasteiger partial charge on any atom is 0.115 e. The Labute approximate surface area is 113 Å².